The smallest absolute Gasteiger partial charge is 0.243 e. The maximum Gasteiger partial charge on any atom is 0.243 e. The SMILES string of the molecule is O=C(N[C@H]1CCCOc2ccc(F)cc21)[C@H]1CCCN1C(=O)C1CCCCC1. The summed E-state index contributed by atoms with van der Waals surface area (Å²) >= 11 is 0. The van der Waals surface area contributed by atoms with E-state index in [9.17, 15) is 14.0 Å². The van der Waals surface area contributed by atoms with Crippen molar-refractivity contribution in [2.24, 2.45) is 5.92 Å². The Morgan fingerprint density at radius 3 is 2.68 bits per heavy atom. The molecule has 2 aliphatic heterocycles. The Morgan fingerprint density at radius 1 is 1.04 bits per heavy atom. The monoisotopic (exact) mass is 388 g/mol. The lowest BCUT2D eigenvalue weighted by Crippen LogP contribution is -2.48. The van der Waals surface area contributed by atoms with E-state index >= 15 is 0 Å². The molecule has 0 spiro atoms. The summed E-state index contributed by atoms with van der Waals surface area (Å²) in [5.74, 6) is 0.393. The van der Waals surface area contributed by atoms with Gasteiger partial charge in [0.25, 0.3) is 0 Å². The lowest BCUT2D eigenvalue weighted by atomic mass is 9.88. The van der Waals surface area contributed by atoms with Crippen molar-refractivity contribution in [2.45, 2.75) is 69.9 Å². The summed E-state index contributed by atoms with van der Waals surface area (Å²) in [6.45, 7) is 1.22. The lowest BCUT2D eigenvalue weighted by molar-refractivity contribution is -0.142. The highest BCUT2D eigenvalue weighted by atomic mass is 19.1. The third-order valence-corrected chi connectivity index (χ3v) is 6.35. The number of carbonyl (C=O) groups excluding carboxylic acids is 2. The number of ether oxygens (including phenoxy) is 1. The number of nitrogens with zero attached hydrogens (tertiary/aromatic N) is 1. The second kappa shape index (κ2) is 8.50. The normalized spacial score (nSPS) is 25.5. The fourth-order valence-corrected chi connectivity index (χ4v) is 4.85. The van der Waals surface area contributed by atoms with Gasteiger partial charge in [-0.1, -0.05) is 19.3 Å². The minimum Gasteiger partial charge on any atom is -0.493 e. The molecule has 0 aromatic heterocycles. The maximum atomic E-state index is 13.8. The Kier molecular flexibility index (Phi) is 5.83. The zero-order chi connectivity index (χ0) is 19.5. The highest BCUT2D eigenvalue weighted by Crippen LogP contribution is 2.33. The average molecular weight is 388 g/mol. The quantitative estimate of drug-likeness (QED) is 0.858. The summed E-state index contributed by atoms with van der Waals surface area (Å²) in [7, 11) is 0. The molecule has 4 rings (SSSR count). The minimum atomic E-state index is -0.407. The number of hydrogen-bond donors (Lipinski definition) is 1. The van der Waals surface area contributed by atoms with Crippen LogP contribution >= 0.6 is 0 Å². The maximum absolute atomic E-state index is 13.8. The minimum absolute atomic E-state index is 0.0725. The van der Waals surface area contributed by atoms with Crippen LogP contribution in [0, 0.1) is 11.7 Å². The number of amides is 2. The van der Waals surface area contributed by atoms with Gasteiger partial charge in [0.15, 0.2) is 0 Å². The largest absolute Gasteiger partial charge is 0.493 e. The van der Waals surface area contributed by atoms with Gasteiger partial charge in [0.1, 0.15) is 17.6 Å². The van der Waals surface area contributed by atoms with E-state index in [1.807, 2.05) is 0 Å². The standard InChI is InChI=1S/C22H29FN2O3/c23-16-10-11-20-17(14-16)18(8-5-13-28-20)24-21(26)19-9-4-12-25(19)22(27)15-6-2-1-3-7-15/h10-11,14-15,18-19H,1-9,12-13H2,(H,24,26)/t18-,19+/m0/s1. The number of carbonyl (C=O) groups is 2. The molecule has 28 heavy (non-hydrogen) atoms. The van der Waals surface area contributed by atoms with Crippen LogP contribution in [0.25, 0.3) is 0 Å². The number of rotatable bonds is 3. The van der Waals surface area contributed by atoms with Crippen molar-refractivity contribution in [1.29, 1.82) is 0 Å². The predicted molar refractivity (Wildman–Crippen MR) is 103 cm³/mol. The van der Waals surface area contributed by atoms with Gasteiger partial charge in [-0.05, 0) is 56.7 Å². The van der Waals surface area contributed by atoms with Crippen LogP contribution in [0.1, 0.15) is 69.4 Å². The van der Waals surface area contributed by atoms with E-state index in [1.54, 1.807) is 11.0 Å². The molecule has 1 N–H and O–H groups in total. The molecule has 2 amide bonds. The fourth-order valence-electron chi connectivity index (χ4n) is 4.85. The van der Waals surface area contributed by atoms with E-state index in [2.05, 4.69) is 5.32 Å². The predicted octanol–water partition coefficient (Wildman–Crippen LogP) is 3.73. The van der Waals surface area contributed by atoms with Crippen LogP contribution in [0.5, 0.6) is 5.75 Å². The van der Waals surface area contributed by atoms with E-state index in [1.165, 1.54) is 18.6 Å². The summed E-state index contributed by atoms with van der Waals surface area (Å²) in [5, 5.41) is 3.09. The van der Waals surface area contributed by atoms with Crippen LogP contribution in [0.15, 0.2) is 18.2 Å². The molecule has 5 nitrogen and oxygen atoms in total. The zero-order valence-electron chi connectivity index (χ0n) is 16.3. The number of hydrogen-bond acceptors (Lipinski definition) is 3. The summed E-state index contributed by atoms with van der Waals surface area (Å²) in [6.07, 6.45) is 8.33. The third-order valence-electron chi connectivity index (χ3n) is 6.35. The molecule has 0 radical (unpaired) electrons. The number of benzene rings is 1. The first kappa shape index (κ1) is 19.2. The molecule has 2 fully saturated rings. The summed E-state index contributed by atoms with van der Waals surface area (Å²) in [4.78, 5) is 27.9. The Balaban J connectivity index is 1.47. The number of halogens is 1. The summed E-state index contributed by atoms with van der Waals surface area (Å²) < 4.78 is 19.5. The van der Waals surface area contributed by atoms with Gasteiger partial charge in [0.2, 0.25) is 11.8 Å². The first-order valence-corrected chi connectivity index (χ1v) is 10.7. The highest BCUT2D eigenvalue weighted by molar-refractivity contribution is 5.89. The van der Waals surface area contributed by atoms with Crippen LogP contribution in [-0.2, 0) is 9.59 Å². The van der Waals surface area contributed by atoms with Crippen molar-refractivity contribution < 1.29 is 18.7 Å². The van der Waals surface area contributed by atoms with Gasteiger partial charge in [-0.2, -0.15) is 0 Å². The van der Waals surface area contributed by atoms with Gasteiger partial charge in [0, 0.05) is 18.0 Å². The Labute approximate surface area is 165 Å². The van der Waals surface area contributed by atoms with Gasteiger partial charge < -0.3 is 15.0 Å². The van der Waals surface area contributed by atoms with Crippen molar-refractivity contribution in [1.82, 2.24) is 10.2 Å². The molecule has 0 unspecified atom stereocenters. The summed E-state index contributed by atoms with van der Waals surface area (Å²) in [6, 6.07) is 3.77. The molecular weight excluding hydrogens is 359 g/mol. The molecule has 2 atom stereocenters. The zero-order valence-corrected chi connectivity index (χ0v) is 16.3. The van der Waals surface area contributed by atoms with Crippen LogP contribution < -0.4 is 10.1 Å². The fraction of sp³-hybridized carbons (Fsp3) is 0.636. The van der Waals surface area contributed by atoms with Gasteiger partial charge >= 0.3 is 0 Å². The molecule has 1 aromatic rings. The molecule has 1 saturated heterocycles. The van der Waals surface area contributed by atoms with Crippen molar-refractivity contribution in [3.05, 3.63) is 29.6 Å². The molecule has 1 aliphatic carbocycles. The van der Waals surface area contributed by atoms with Crippen molar-refractivity contribution in [3.63, 3.8) is 0 Å². The van der Waals surface area contributed by atoms with Crippen LogP contribution in [0.2, 0.25) is 0 Å². The molecule has 6 heteroatoms. The van der Waals surface area contributed by atoms with E-state index < -0.39 is 6.04 Å². The van der Waals surface area contributed by atoms with Crippen molar-refractivity contribution >= 4 is 11.8 Å². The third kappa shape index (κ3) is 4.01. The number of fused-ring (bicyclic) bond motifs is 1. The van der Waals surface area contributed by atoms with Crippen LogP contribution in [-0.4, -0.2) is 35.9 Å². The molecule has 1 aromatic carbocycles. The van der Waals surface area contributed by atoms with Gasteiger partial charge in [-0.25, -0.2) is 4.39 Å². The molecule has 1 saturated carbocycles. The van der Waals surface area contributed by atoms with Crippen molar-refractivity contribution in [3.8, 4) is 5.75 Å². The van der Waals surface area contributed by atoms with Gasteiger partial charge in [-0.15, -0.1) is 0 Å². The first-order valence-electron chi connectivity index (χ1n) is 10.7. The summed E-state index contributed by atoms with van der Waals surface area (Å²) in [5.41, 5.74) is 0.689. The highest BCUT2D eigenvalue weighted by Gasteiger charge is 2.38. The van der Waals surface area contributed by atoms with Crippen LogP contribution in [0.4, 0.5) is 4.39 Å². The van der Waals surface area contributed by atoms with Gasteiger partial charge in [-0.3, -0.25) is 9.59 Å². The topological polar surface area (TPSA) is 58.6 Å². The number of nitrogens with one attached hydrogen (secondary N) is 1. The van der Waals surface area contributed by atoms with Gasteiger partial charge in [0.05, 0.1) is 12.6 Å². The van der Waals surface area contributed by atoms with E-state index in [0.29, 0.717) is 37.3 Å². The molecular formula is C22H29FN2O3. The van der Waals surface area contributed by atoms with Crippen molar-refractivity contribution in [2.75, 3.05) is 13.2 Å². The Hall–Kier alpha value is -2.11. The number of likely N-dealkylation sites (tertiary alicyclic amines) is 1. The Morgan fingerprint density at radius 2 is 1.86 bits per heavy atom. The first-order chi connectivity index (χ1) is 13.6. The molecule has 2 heterocycles. The molecule has 0 bridgehead atoms. The Bertz CT molecular complexity index is 732. The second-order valence-corrected chi connectivity index (χ2v) is 8.26. The lowest BCUT2D eigenvalue weighted by Gasteiger charge is -2.31. The van der Waals surface area contributed by atoms with Crippen LogP contribution in [0.3, 0.4) is 0 Å². The molecule has 3 aliphatic rings. The van der Waals surface area contributed by atoms with E-state index in [-0.39, 0.29) is 29.6 Å². The van der Waals surface area contributed by atoms with E-state index in [0.717, 1.165) is 38.5 Å². The average Bonchev–Trinajstić information content (AvgIpc) is 3.13. The second-order valence-electron chi connectivity index (χ2n) is 8.26. The molecule has 152 valence electrons. The van der Waals surface area contributed by atoms with E-state index in [4.69, 9.17) is 4.74 Å².